The maximum absolute atomic E-state index is 12.5. The van der Waals surface area contributed by atoms with E-state index in [1.165, 1.54) is 6.20 Å². The van der Waals surface area contributed by atoms with Crippen molar-refractivity contribution in [3.05, 3.63) is 47.9 Å². The van der Waals surface area contributed by atoms with Gasteiger partial charge in [-0.15, -0.1) is 0 Å². The van der Waals surface area contributed by atoms with Crippen molar-refractivity contribution < 1.29 is 14.3 Å². The minimum absolute atomic E-state index is 0.113. The predicted octanol–water partition coefficient (Wildman–Crippen LogP) is 2.35. The lowest BCUT2D eigenvalue weighted by atomic mass is 10.1. The molecule has 0 aliphatic rings. The third kappa shape index (κ3) is 6.35. The summed E-state index contributed by atoms with van der Waals surface area (Å²) in [5.41, 5.74) is 0.646. The monoisotopic (exact) mass is 449 g/mol. The molecular formula is C23H27N7O3. The molecule has 2 heterocycles. The Balaban J connectivity index is 1.81. The standard InChI is InChI=1S/C23H27N7O3/c1-15(14-30(2)3)33-23-19(11-24)26-13-21(29-23)28-20-10-16-6-5-7-17(18(16)12-27-20)22(31)25-8-9-32-4/h5-7,10,12-13,15H,8-9,14H2,1-4H3,(H,25,31)(H,27,28,29). The number of methoxy groups -OCH3 is 1. The zero-order chi connectivity index (χ0) is 23.8. The number of carbonyl (C=O) groups is 1. The van der Waals surface area contributed by atoms with Gasteiger partial charge in [0, 0.05) is 37.3 Å². The first-order chi connectivity index (χ1) is 15.9. The van der Waals surface area contributed by atoms with Gasteiger partial charge in [-0.2, -0.15) is 10.2 Å². The first-order valence-corrected chi connectivity index (χ1v) is 10.4. The van der Waals surface area contributed by atoms with Gasteiger partial charge in [0.2, 0.25) is 5.69 Å². The molecule has 33 heavy (non-hydrogen) atoms. The number of hydrogen-bond acceptors (Lipinski definition) is 9. The van der Waals surface area contributed by atoms with Crippen molar-refractivity contribution in [2.75, 3.05) is 46.2 Å². The summed E-state index contributed by atoms with van der Waals surface area (Å²) in [5.74, 6) is 0.881. The van der Waals surface area contributed by atoms with Gasteiger partial charge in [-0.3, -0.25) is 4.79 Å². The molecule has 1 atom stereocenters. The van der Waals surface area contributed by atoms with E-state index < -0.39 is 0 Å². The molecule has 0 saturated carbocycles. The fourth-order valence-corrected chi connectivity index (χ4v) is 3.26. The molecule has 0 fully saturated rings. The van der Waals surface area contributed by atoms with Gasteiger partial charge in [-0.05, 0) is 38.5 Å². The summed E-state index contributed by atoms with van der Waals surface area (Å²) >= 11 is 0. The second-order valence-corrected chi connectivity index (χ2v) is 7.68. The summed E-state index contributed by atoms with van der Waals surface area (Å²) in [7, 11) is 5.46. The molecule has 1 amide bonds. The van der Waals surface area contributed by atoms with E-state index in [-0.39, 0.29) is 23.6 Å². The van der Waals surface area contributed by atoms with E-state index in [1.54, 1.807) is 19.4 Å². The van der Waals surface area contributed by atoms with Crippen LogP contribution in [0.1, 0.15) is 23.0 Å². The highest BCUT2D eigenvalue weighted by molar-refractivity contribution is 6.07. The van der Waals surface area contributed by atoms with Gasteiger partial charge >= 0.3 is 0 Å². The summed E-state index contributed by atoms with van der Waals surface area (Å²) in [4.78, 5) is 27.4. The van der Waals surface area contributed by atoms with Crippen molar-refractivity contribution in [1.29, 1.82) is 5.26 Å². The Labute approximate surface area is 192 Å². The van der Waals surface area contributed by atoms with Crippen molar-refractivity contribution in [2.45, 2.75) is 13.0 Å². The summed E-state index contributed by atoms with van der Waals surface area (Å²) in [5, 5.41) is 16.8. The summed E-state index contributed by atoms with van der Waals surface area (Å²) in [6.45, 7) is 3.43. The minimum atomic E-state index is -0.188. The van der Waals surface area contributed by atoms with Crippen molar-refractivity contribution in [3.8, 4) is 11.9 Å². The van der Waals surface area contributed by atoms with Crippen LogP contribution in [-0.4, -0.2) is 72.8 Å². The van der Waals surface area contributed by atoms with Crippen molar-refractivity contribution in [1.82, 2.24) is 25.2 Å². The smallest absolute Gasteiger partial charge is 0.253 e. The number of fused-ring (bicyclic) bond motifs is 1. The highest BCUT2D eigenvalue weighted by Gasteiger charge is 2.15. The third-order valence-corrected chi connectivity index (χ3v) is 4.64. The summed E-state index contributed by atoms with van der Waals surface area (Å²) in [6.07, 6.45) is 2.91. The zero-order valence-electron chi connectivity index (χ0n) is 19.1. The number of benzene rings is 1. The average molecular weight is 450 g/mol. The number of nitrogens with one attached hydrogen (secondary N) is 2. The Morgan fingerprint density at radius 2 is 2.06 bits per heavy atom. The van der Waals surface area contributed by atoms with E-state index in [9.17, 15) is 10.1 Å². The highest BCUT2D eigenvalue weighted by Crippen LogP contribution is 2.24. The van der Waals surface area contributed by atoms with Crippen molar-refractivity contribution >= 4 is 28.3 Å². The molecule has 0 bridgehead atoms. The number of pyridine rings is 1. The van der Waals surface area contributed by atoms with Crippen LogP contribution in [0.4, 0.5) is 11.6 Å². The number of likely N-dealkylation sites (N-methyl/N-ethyl adjacent to an activating group) is 1. The van der Waals surface area contributed by atoms with Gasteiger partial charge in [0.05, 0.1) is 12.8 Å². The van der Waals surface area contributed by atoms with E-state index in [2.05, 4.69) is 25.6 Å². The molecule has 2 N–H and O–H groups in total. The zero-order valence-corrected chi connectivity index (χ0v) is 19.1. The number of aromatic nitrogens is 3. The second kappa shape index (κ2) is 11.2. The van der Waals surface area contributed by atoms with Gasteiger partial charge in [0.1, 0.15) is 18.0 Å². The number of nitrogens with zero attached hydrogens (tertiary/aromatic N) is 5. The van der Waals surface area contributed by atoms with E-state index in [4.69, 9.17) is 9.47 Å². The first-order valence-electron chi connectivity index (χ1n) is 10.4. The molecule has 0 radical (unpaired) electrons. The Bertz CT molecular complexity index is 1160. The Kier molecular flexibility index (Phi) is 8.07. The molecule has 3 rings (SSSR count). The number of anilines is 2. The maximum atomic E-state index is 12.5. The molecule has 0 aliphatic carbocycles. The highest BCUT2D eigenvalue weighted by atomic mass is 16.5. The molecular weight excluding hydrogens is 422 g/mol. The van der Waals surface area contributed by atoms with Crippen LogP contribution >= 0.6 is 0 Å². The van der Waals surface area contributed by atoms with Crippen LogP contribution in [0.25, 0.3) is 10.8 Å². The Hall–Kier alpha value is -3.81. The SMILES string of the molecule is COCCNC(=O)c1cccc2cc(Nc3cnc(C#N)c(OC(C)CN(C)C)n3)ncc12. The van der Waals surface area contributed by atoms with E-state index in [0.29, 0.717) is 36.9 Å². The van der Waals surface area contributed by atoms with Gasteiger partial charge in [0.15, 0.2) is 5.82 Å². The van der Waals surface area contributed by atoms with Gasteiger partial charge in [-0.1, -0.05) is 12.1 Å². The van der Waals surface area contributed by atoms with Crippen LogP contribution in [0.15, 0.2) is 36.7 Å². The second-order valence-electron chi connectivity index (χ2n) is 7.68. The molecule has 1 aromatic carbocycles. The van der Waals surface area contributed by atoms with E-state index in [1.807, 2.05) is 50.2 Å². The number of nitriles is 1. The van der Waals surface area contributed by atoms with Crippen LogP contribution in [0, 0.1) is 11.3 Å². The lowest BCUT2D eigenvalue weighted by Crippen LogP contribution is -2.28. The van der Waals surface area contributed by atoms with Crippen molar-refractivity contribution in [2.24, 2.45) is 0 Å². The Morgan fingerprint density at radius 1 is 1.24 bits per heavy atom. The van der Waals surface area contributed by atoms with E-state index in [0.717, 1.165) is 10.8 Å². The number of rotatable bonds is 10. The quantitative estimate of drug-likeness (QED) is 0.449. The fourth-order valence-electron chi connectivity index (χ4n) is 3.26. The van der Waals surface area contributed by atoms with Gasteiger partial charge in [-0.25, -0.2) is 9.97 Å². The molecule has 3 aromatic rings. The van der Waals surface area contributed by atoms with Gasteiger partial charge in [0.25, 0.3) is 11.8 Å². The molecule has 0 spiro atoms. The van der Waals surface area contributed by atoms with Crippen LogP contribution < -0.4 is 15.4 Å². The number of amides is 1. The average Bonchev–Trinajstić information content (AvgIpc) is 2.78. The first kappa shape index (κ1) is 23.8. The molecule has 0 aliphatic heterocycles. The van der Waals surface area contributed by atoms with Crippen LogP contribution in [0.5, 0.6) is 5.88 Å². The van der Waals surface area contributed by atoms with Crippen LogP contribution in [0.2, 0.25) is 0 Å². The van der Waals surface area contributed by atoms with Crippen LogP contribution in [0.3, 0.4) is 0 Å². The normalized spacial score (nSPS) is 11.8. The van der Waals surface area contributed by atoms with Gasteiger partial charge < -0.3 is 25.0 Å². The lowest BCUT2D eigenvalue weighted by molar-refractivity contribution is 0.0938. The van der Waals surface area contributed by atoms with Crippen molar-refractivity contribution in [3.63, 3.8) is 0 Å². The minimum Gasteiger partial charge on any atom is -0.471 e. The molecule has 172 valence electrons. The number of hydrogen-bond donors (Lipinski definition) is 2. The topological polar surface area (TPSA) is 125 Å². The summed E-state index contributed by atoms with van der Waals surface area (Å²) in [6, 6.07) is 9.29. The Morgan fingerprint density at radius 3 is 2.79 bits per heavy atom. The predicted molar refractivity (Wildman–Crippen MR) is 125 cm³/mol. The fraction of sp³-hybridized carbons (Fsp3) is 0.348. The largest absolute Gasteiger partial charge is 0.471 e. The molecule has 2 aromatic heterocycles. The lowest BCUT2D eigenvalue weighted by Gasteiger charge is -2.18. The van der Waals surface area contributed by atoms with Crippen LogP contribution in [-0.2, 0) is 4.74 Å². The molecule has 10 heteroatoms. The number of ether oxygens (including phenoxy) is 2. The summed E-state index contributed by atoms with van der Waals surface area (Å²) < 4.78 is 10.8. The van der Waals surface area contributed by atoms with E-state index >= 15 is 0 Å². The number of carbonyl (C=O) groups excluding carboxylic acids is 1. The third-order valence-electron chi connectivity index (χ3n) is 4.64. The molecule has 0 saturated heterocycles. The maximum Gasteiger partial charge on any atom is 0.253 e. The molecule has 10 nitrogen and oxygen atoms in total. The molecule has 1 unspecified atom stereocenters.